The van der Waals surface area contributed by atoms with Crippen LogP contribution in [-0.2, 0) is 0 Å². The lowest BCUT2D eigenvalue weighted by atomic mass is 9.89. The molecular formula is C19H11ClF4N4O. The number of nitrogens with zero attached hydrogens (tertiary/aromatic N) is 3. The van der Waals surface area contributed by atoms with Crippen LogP contribution in [0.15, 0.2) is 66.1 Å². The lowest BCUT2D eigenvalue weighted by Crippen LogP contribution is -2.35. The maximum Gasteiger partial charge on any atom is 0.431 e. The highest BCUT2D eigenvalue weighted by molar-refractivity contribution is 6.30. The standard InChI is InChI=1S/C19H11ClF4N4O/c20-12-5-1-10(2-6-12)15-14(16(29)11-3-7-13(21)8-4-11)17(19(22,23)24)27-18-25-9-26-28(15)18/h1-9,15H,(H,25,26,27)/t15-/m1/s1. The van der Waals surface area contributed by atoms with Crippen molar-refractivity contribution in [1.82, 2.24) is 14.8 Å². The molecule has 0 amide bonds. The van der Waals surface area contributed by atoms with Gasteiger partial charge in [-0.25, -0.2) is 9.07 Å². The molecule has 1 aliphatic heterocycles. The molecule has 0 bridgehead atoms. The van der Waals surface area contributed by atoms with E-state index in [1.807, 2.05) is 0 Å². The molecule has 2 heterocycles. The Bertz CT molecular complexity index is 1100. The fourth-order valence-corrected chi connectivity index (χ4v) is 3.26. The van der Waals surface area contributed by atoms with Crippen molar-refractivity contribution in [3.05, 3.63) is 88.1 Å². The number of Topliss-reactive ketones (excluding diaryl/α,β-unsaturated/α-hetero) is 1. The van der Waals surface area contributed by atoms with E-state index in [1.54, 1.807) is 0 Å². The van der Waals surface area contributed by atoms with Crippen molar-refractivity contribution in [2.24, 2.45) is 0 Å². The molecule has 1 atom stereocenters. The fraction of sp³-hybridized carbons (Fsp3) is 0.105. The van der Waals surface area contributed by atoms with Crippen LogP contribution in [0.25, 0.3) is 0 Å². The van der Waals surface area contributed by atoms with Gasteiger partial charge in [-0.15, -0.1) is 0 Å². The van der Waals surface area contributed by atoms with Gasteiger partial charge in [0.15, 0.2) is 5.78 Å². The molecule has 0 spiro atoms. The highest BCUT2D eigenvalue weighted by Gasteiger charge is 2.45. The second kappa shape index (κ2) is 7.00. The third kappa shape index (κ3) is 3.49. The van der Waals surface area contributed by atoms with Gasteiger partial charge in [0.05, 0.1) is 5.57 Å². The zero-order valence-corrected chi connectivity index (χ0v) is 15.2. The van der Waals surface area contributed by atoms with E-state index in [-0.39, 0.29) is 11.5 Å². The zero-order chi connectivity index (χ0) is 20.8. The highest BCUT2D eigenvalue weighted by atomic mass is 35.5. The maximum absolute atomic E-state index is 13.9. The number of halogens is 5. The van der Waals surface area contributed by atoms with Gasteiger partial charge in [-0.1, -0.05) is 23.7 Å². The molecule has 0 aliphatic carbocycles. The first-order valence-electron chi connectivity index (χ1n) is 8.29. The molecule has 2 aromatic carbocycles. The van der Waals surface area contributed by atoms with Crippen LogP contribution in [0, 0.1) is 5.82 Å². The van der Waals surface area contributed by atoms with Gasteiger partial charge in [-0.05, 0) is 42.0 Å². The number of alkyl halides is 3. The summed E-state index contributed by atoms with van der Waals surface area (Å²) in [6, 6.07) is 9.10. The van der Waals surface area contributed by atoms with Gasteiger partial charge < -0.3 is 5.32 Å². The van der Waals surface area contributed by atoms with Crippen LogP contribution in [0.3, 0.4) is 0 Å². The van der Waals surface area contributed by atoms with E-state index in [1.165, 1.54) is 28.9 Å². The van der Waals surface area contributed by atoms with E-state index in [9.17, 15) is 22.4 Å². The third-order valence-electron chi connectivity index (χ3n) is 4.42. The molecule has 1 N–H and O–H groups in total. The summed E-state index contributed by atoms with van der Waals surface area (Å²) in [6.07, 6.45) is -3.78. The first-order valence-corrected chi connectivity index (χ1v) is 8.67. The normalized spacial score (nSPS) is 16.4. The second-order valence-electron chi connectivity index (χ2n) is 6.23. The maximum atomic E-state index is 13.9. The smallest absolute Gasteiger partial charge is 0.320 e. The summed E-state index contributed by atoms with van der Waals surface area (Å²) in [5, 5.41) is 6.54. The lowest BCUT2D eigenvalue weighted by molar-refractivity contribution is -0.0918. The molecule has 29 heavy (non-hydrogen) atoms. The minimum absolute atomic E-state index is 0.0903. The first-order chi connectivity index (χ1) is 13.8. The summed E-state index contributed by atoms with van der Waals surface area (Å²) in [4.78, 5) is 17.0. The Kier molecular flexibility index (Phi) is 4.62. The van der Waals surface area contributed by atoms with E-state index < -0.39 is 35.1 Å². The van der Waals surface area contributed by atoms with Crippen molar-refractivity contribution in [3.63, 3.8) is 0 Å². The Labute approximate surface area is 166 Å². The van der Waals surface area contributed by atoms with E-state index >= 15 is 0 Å². The Morgan fingerprint density at radius 2 is 1.72 bits per heavy atom. The number of benzene rings is 2. The van der Waals surface area contributed by atoms with E-state index in [0.717, 1.165) is 30.6 Å². The Hall–Kier alpha value is -3.20. The van der Waals surface area contributed by atoms with Gasteiger partial charge in [0.25, 0.3) is 0 Å². The van der Waals surface area contributed by atoms with Crippen LogP contribution >= 0.6 is 11.6 Å². The Balaban J connectivity index is 1.96. The van der Waals surface area contributed by atoms with Gasteiger partial charge >= 0.3 is 6.18 Å². The van der Waals surface area contributed by atoms with Crippen molar-refractivity contribution in [2.45, 2.75) is 12.2 Å². The van der Waals surface area contributed by atoms with Gasteiger partial charge in [0, 0.05) is 10.6 Å². The van der Waals surface area contributed by atoms with Crippen molar-refractivity contribution >= 4 is 23.3 Å². The topological polar surface area (TPSA) is 59.8 Å². The average molecular weight is 423 g/mol. The molecule has 5 nitrogen and oxygen atoms in total. The SMILES string of the molecule is O=C(C1=C(C(F)(F)F)Nc2ncnn2[C@@H]1c1ccc(Cl)cc1)c1ccc(F)cc1. The summed E-state index contributed by atoms with van der Waals surface area (Å²) in [5.74, 6) is -1.68. The summed E-state index contributed by atoms with van der Waals surface area (Å²) < 4.78 is 56.1. The number of anilines is 1. The number of rotatable bonds is 3. The molecule has 4 rings (SSSR count). The van der Waals surface area contributed by atoms with Crippen LogP contribution < -0.4 is 5.32 Å². The third-order valence-corrected chi connectivity index (χ3v) is 4.67. The van der Waals surface area contributed by atoms with E-state index in [4.69, 9.17) is 11.6 Å². The van der Waals surface area contributed by atoms with Crippen LogP contribution in [-0.4, -0.2) is 26.7 Å². The number of aromatic nitrogens is 3. The molecule has 1 aromatic heterocycles. The monoisotopic (exact) mass is 422 g/mol. The Morgan fingerprint density at radius 1 is 1.07 bits per heavy atom. The van der Waals surface area contributed by atoms with Crippen LogP contribution in [0.4, 0.5) is 23.5 Å². The second-order valence-corrected chi connectivity index (χ2v) is 6.67. The molecule has 148 valence electrons. The fourth-order valence-electron chi connectivity index (χ4n) is 3.14. The number of carbonyl (C=O) groups excluding carboxylic acids is 1. The summed E-state index contributed by atoms with van der Waals surface area (Å²) in [6.45, 7) is 0. The number of hydrogen-bond acceptors (Lipinski definition) is 4. The van der Waals surface area contributed by atoms with Gasteiger partial charge in [0.1, 0.15) is 23.9 Å². The van der Waals surface area contributed by atoms with Gasteiger partial charge in [-0.3, -0.25) is 4.79 Å². The predicted octanol–water partition coefficient (Wildman–Crippen LogP) is 4.78. The summed E-state index contributed by atoms with van der Waals surface area (Å²) >= 11 is 5.90. The average Bonchev–Trinajstić information content (AvgIpc) is 3.15. The zero-order valence-electron chi connectivity index (χ0n) is 14.4. The molecule has 0 saturated heterocycles. The molecule has 0 fully saturated rings. The van der Waals surface area contributed by atoms with Gasteiger partial charge in [-0.2, -0.15) is 23.3 Å². The summed E-state index contributed by atoms with van der Waals surface area (Å²) in [5.41, 5.74) is -1.56. The van der Waals surface area contributed by atoms with E-state index in [0.29, 0.717) is 10.6 Å². The number of hydrogen-bond donors (Lipinski definition) is 1. The first kappa shape index (κ1) is 19.1. The predicted molar refractivity (Wildman–Crippen MR) is 97.0 cm³/mol. The molecule has 3 aromatic rings. The summed E-state index contributed by atoms with van der Waals surface area (Å²) in [7, 11) is 0. The lowest BCUT2D eigenvalue weighted by Gasteiger charge is -2.30. The van der Waals surface area contributed by atoms with Crippen molar-refractivity contribution < 1.29 is 22.4 Å². The van der Waals surface area contributed by atoms with Crippen molar-refractivity contribution in [1.29, 1.82) is 0 Å². The highest BCUT2D eigenvalue weighted by Crippen LogP contribution is 2.42. The van der Waals surface area contributed by atoms with Crippen LogP contribution in [0.1, 0.15) is 22.0 Å². The van der Waals surface area contributed by atoms with E-state index in [2.05, 4.69) is 15.4 Å². The number of fused-ring (bicyclic) bond motifs is 1. The Morgan fingerprint density at radius 3 is 2.34 bits per heavy atom. The minimum atomic E-state index is -4.87. The van der Waals surface area contributed by atoms with Crippen LogP contribution in [0.2, 0.25) is 5.02 Å². The van der Waals surface area contributed by atoms with Gasteiger partial charge in [0.2, 0.25) is 5.95 Å². The molecule has 0 radical (unpaired) electrons. The number of allylic oxidation sites excluding steroid dienone is 2. The van der Waals surface area contributed by atoms with Crippen molar-refractivity contribution in [2.75, 3.05) is 5.32 Å². The molecule has 0 saturated carbocycles. The van der Waals surface area contributed by atoms with Crippen LogP contribution in [0.5, 0.6) is 0 Å². The quantitative estimate of drug-likeness (QED) is 0.487. The molecule has 10 heteroatoms. The minimum Gasteiger partial charge on any atom is -0.320 e. The molecule has 0 unspecified atom stereocenters. The molecular weight excluding hydrogens is 412 g/mol. The number of nitrogens with one attached hydrogen (secondary N) is 1. The number of ketones is 1. The number of carbonyl (C=O) groups is 1. The molecule has 1 aliphatic rings. The van der Waals surface area contributed by atoms with Crippen molar-refractivity contribution in [3.8, 4) is 0 Å². The largest absolute Gasteiger partial charge is 0.431 e.